The lowest BCUT2D eigenvalue weighted by Gasteiger charge is -2.21. The van der Waals surface area contributed by atoms with E-state index in [2.05, 4.69) is 36.7 Å². The summed E-state index contributed by atoms with van der Waals surface area (Å²) in [6.45, 7) is 10.9. The molecule has 0 aromatic carbocycles. The standard InChI is InChI=1S/C60H120N4O3/c1-4-7-10-13-16-19-22-25-28-31-34-37-40-43-46-49-58(65)63-55-54-61-52-53-62-56-57-64(59(66)50-47-44-41-38-35-32-29-26-23-20-17-14-11-8-5-2)60(67)51-48-45-42-39-36-33-30-27-24-21-18-15-12-9-6-3/h61-62H,4-57H2,1-3H3,(H,63,65). The first-order chi connectivity index (χ1) is 33.1. The molecule has 0 heterocycles. The number of imide groups is 1. The molecule has 0 aliphatic carbocycles. The predicted molar refractivity (Wildman–Crippen MR) is 294 cm³/mol. The molecule has 67 heavy (non-hydrogen) atoms. The third-order valence-electron chi connectivity index (χ3n) is 14.2. The maximum absolute atomic E-state index is 13.4. The lowest BCUT2D eigenvalue weighted by atomic mass is 10.0. The Hall–Kier alpha value is -1.47. The van der Waals surface area contributed by atoms with Crippen molar-refractivity contribution in [2.45, 2.75) is 329 Å². The normalized spacial score (nSPS) is 11.4. The van der Waals surface area contributed by atoms with Crippen LogP contribution in [0, 0.1) is 0 Å². The van der Waals surface area contributed by atoms with E-state index in [1.807, 2.05) is 0 Å². The first-order valence-electron chi connectivity index (χ1n) is 30.6. The number of unbranched alkanes of at least 4 members (excludes halogenated alkanes) is 42. The van der Waals surface area contributed by atoms with Crippen molar-refractivity contribution in [2.24, 2.45) is 0 Å². The highest BCUT2D eigenvalue weighted by Gasteiger charge is 2.20. The van der Waals surface area contributed by atoms with E-state index in [1.165, 1.54) is 250 Å². The molecule has 0 rings (SSSR count). The molecule has 0 spiro atoms. The van der Waals surface area contributed by atoms with Crippen LogP contribution in [-0.2, 0) is 14.4 Å². The lowest BCUT2D eigenvalue weighted by Crippen LogP contribution is -2.42. The number of carbonyl (C=O) groups excluding carboxylic acids is 3. The first-order valence-corrected chi connectivity index (χ1v) is 30.6. The Balaban J connectivity index is 4.20. The van der Waals surface area contributed by atoms with Gasteiger partial charge in [0.05, 0.1) is 0 Å². The Morgan fingerprint density at radius 2 is 0.493 bits per heavy atom. The van der Waals surface area contributed by atoms with Gasteiger partial charge in [0.25, 0.3) is 0 Å². The zero-order valence-corrected chi connectivity index (χ0v) is 45.9. The average Bonchev–Trinajstić information content (AvgIpc) is 3.33. The lowest BCUT2D eigenvalue weighted by molar-refractivity contribution is -0.145. The van der Waals surface area contributed by atoms with Crippen LogP contribution in [0.3, 0.4) is 0 Å². The Bertz CT molecular complexity index is 962. The largest absolute Gasteiger partial charge is 0.355 e. The molecule has 0 aromatic heterocycles. The fourth-order valence-corrected chi connectivity index (χ4v) is 9.61. The summed E-state index contributed by atoms with van der Waals surface area (Å²) in [5.41, 5.74) is 0. The fraction of sp³-hybridized carbons (Fsp3) is 0.950. The van der Waals surface area contributed by atoms with E-state index in [4.69, 9.17) is 0 Å². The van der Waals surface area contributed by atoms with E-state index in [0.717, 1.165) is 58.2 Å². The van der Waals surface area contributed by atoms with Crippen LogP contribution >= 0.6 is 0 Å². The van der Waals surface area contributed by atoms with Gasteiger partial charge >= 0.3 is 0 Å². The minimum atomic E-state index is 0.0145. The van der Waals surface area contributed by atoms with Gasteiger partial charge in [-0.15, -0.1) is 0 Å². The fourth-order valence-electron chi connectivity index (χ4n) is 9.61. The van der Waals surface area contributed by atoms with Crippen LogP contribution in [0.5, 0.6) is 0 Å². The molecule has 7 heteroatoms. The van der Waals surface area contributed by atoms with Gasteiger partial charge in [-0.3, -0.25) is 19.3 Å². The van der Waals surface area contributed by atoms with Crippen LogP contribution in [0.2, 0.25) is 0 Å². The number of hydrogen-bond acceptors (Lipinski definition) is 5. The van der Waals surface area contributed by atoms with Gasteiger partial charge in [-0.05, 0) is 19.3 Å². The van der Waals surface area contributed by atoms with Crippen molar-refractivity contribution < 1.29 is 14.4 Å². The second kappa shape index (κ2) is 57.1. The molecule has 0 unspecified atom stereocenters. The van der Waals surface area contributed by atoms with Crippen molar-refractivity contribution in [3.8, 4) is 0 Å². The summed E-state index contributed by atoms with van der Waals surface area (Å²) in [4.78, 5) is 40.7. The number of amides is 3. The molecular weight excluding hydrogens is 825 g/mol. The molecule has 7 nitrogen and oxygen atoms in total. The van der Waals surface area contributed by atoms with Crippen molar-refractivity contribution in [3.05, 3.63) is 0 Å². The summed E-state index contributed by atoms with van der Waals surface area (Å²) in [6.07, 6.45) is 60.8. The minimum Gasteiger partial charge on any atom is -0.355 e. The van der Waals surface area contributed by atoms with Crippen molar-refractivity contribution in [3.63, 3.8) is 0 Å². The van der Waals surface area contributed by atoms with E-state index in [1.54, 1.807) is 4.90 Å². The summed E-state index contributed by atoms with van der Waals surface area (Å²) < 4.78 is 0. The topological polar surface area (TPSA) is 90.5 Å². The molecule has 0 saturated carbocycles. The van der Waals surface area contributed by atoms with Gasteiger partial charge in [0, 0.05) is 58.5 Å². The second-order valence-corrected chi connectivity index (χ2v) is 20.9. The molecule has 0 saturated heterocycles. The first kappa shape index (κ1) is 65.5. The smallest absolute Gasteiger partial charge is 0.229 e. The molecular formula is C60H120N4O3. The second-order valence-electron chi connectivity index (χ2n) is 20.9. The maximum atomic E-state index is 13.4. The Morgan fingerprint density at radius 3 is 0.776 bits per heavy atom. The number of carbonyl (C=O) groups is 3. The van der Waals surface area contributed by atoms with Gasteiger partial charge in [-0.25, -0.2) is 0 Å². The van der Waals surface area contributed by atoms with E-state index >= 15 is 0 Å². The van der Waals surface area contributed by atoms with Gasteiger partial charge in [-0.1, -0.05) is 290 Å². The highest BCUT2D eigenvalue weighted by atomic mass is 16.2. The highest BCUT2D eigenvalue weighted by molar-refractivity contribution is 5.95. The Morgan fingerprint density at radius 1 is 0.269 bits per heavy atom. The molecule has 3 amide bonds. The number of hydrogen-bond donors (Lipinski definition) is 3. The van der Waals surface area contributed by atoms with Gasteiger partial charge < -0.3 is 16.0 Å². The predicted octanol–water partition coefficient (Wildman–Crippen LogP) is 17.4. The Kier molecular flexibility index (Phi) is 55.9. The van der Waals surface area contributed by atoms with Crippen LogP contribution in [0.25, 0.3) is 0 Å². The molecule has 0 aromatic rings. The average molecular weight is 946 g/mol. The van der Waals surface area contributed by atoms with Crippen LogP contribution in [0.4, 0.5) is 0 Å². The van der Waals surface area contributed by atoms with Gasteiger partial charge in [0.2, 0.25) is 17.7 Å². The summed E-state index contributed by atoms with van der Waals surface area (Å²) in [6, 6.07) is 0. The summed E-state index contributed by atoms with van der Waals surface area (Å²) in [5.74, 6) is 0.194. The highest BCUT2D eigenvalue weighted by Crippen LogP contribution is 2.18. The number of rotatable bonds is 57. The third-order valence-corrected chi connectivity index (χ3v) is 14.2. The molecule has 0 fully saturated rings. The summed E-state index contributed by atoms with van der Waals surface area (Å²) >= 11 is 0. The van der Waals surface area contributed by atoms with Crippen molar-refractivity contribution in [1.29, 1.82) is 0 Å². The van der Waals surface area contributed by atoms with Gasteiger partial charge in [-0.2, -0.15) is 0 Å². The van der Waals surface area contributed by atoms with E-state index in [-0.39, 0.29) is 17.7 Å². The quantitative estimate of drug-likeness (QED) is 0.0529. The summed E-state index contributed by atoms with van der Waals surface area (Å²) in [7, 11) is 0. The molecule has 398 valence electrons. The van der Waals surface area contributed by atoms with E-state index < -0.39 is 0 Å². The molecule has 3 N–H and O–H groups in total. The molecule has 0 radical (unpaired) electrons. The van der Waals surface area contributed by atoms with Gasteiger partial charge in [0.15, 0.2) is 0 Å². The van der Waals surface area contributed by atoms with E-state index in [0.29, 0.717) is 38.9 Å². The Labute approximate surface area is 419 Å². The molecule has 0 bridgehead atoms. The molecule has 0 aliphatic heterocycles. The van der Waals surface area contributed by atoms with Crippen LogP contribution < -0.4 is 16.0 Å². The number of nitrogens with one attached hydrogen (secondary N) is 3. The van der Waals surface area contributed by atoms with Gasteiger partial charge in [0.1, 0.15) is 0 Å². The minimum absolute atomic E-state index is 0.0145. The number of nitrogens with zero attached hydrogens (tertiary/aromatic N) is 1. The summed E-state index contributed by atoms with van der Waals surface area (Å²) in [5, 5.41) is 9.93. The van der Waals surface area contributed by atoms with Crippen LogP contribution in [0.15, 0.2) is 0 Å². The van der Waals surface area contributed by atoms with Crippen LogP contribution in [0.1, 0.15) is 329 Å². The van der Waals surface area contributed by atoms with Crippen molar-refractivity contribution in [1.82, 2.24) is 20.9 Å². The maximum Gasteiger partial charge on any atom is 0.229 e. The van der Waals surface area contributed by atoms with Crippen LogP contribution in [-0.4, -0.2) is 61.9 Å². The molecule has 0 aliphatic rings. The SMILES string of the molecule is CCCCCCCCCCCCCCCCCC(=O)NCCNCCNCCN(C(=O)CCCCCCCCCCCCCCCCC)C(=O)CCCCCCCCCCCCCCCCC. The van der Waals surface area contributed by atoms with Crippen molar-refractivity contribution >= 4 is 17.7 Å². The zero-order valence-electron chi connectivity index (χ0n) is 45.9. The monoisotopic (exact) mass is 945 g/mol. The third kappa shape index (κ3) is 52.2. The zero-order chi connectivity index (χ0) is 48.6. The molecule has 0 atom stereocenters. The van der Waals surface area contributed by atoms with E-state index in [9.17, 15) is 14.4 Å². The van der Waals surface area contributed by atoms with Crippen molar-refractivity contribution in [2.75, 3.05) is 39.3 Å².